The Hall–Kier alpha value is -2.26. The van der Waals surface area contributed by atoms with Gasteiger partial charge in [0.1, 0.15) is 5.78 Å². The first-order valence-corrected chi connectivity index (χ1v) is 8.45. The molecule has 1 N–H and O–H groups in total. The molecule has 1 saturated carbocycles. The zero-order valence-electron chi connectivity index (χ0n) is 13.9. The van der Waals surface area contributed by atoms with E-state index in [1.807, 2.05) is 19.1 Å². The molecule has 1 aliphatic carbocycles. The average molecular weight is 322 g/mol. The van der Waals surface area contributed by atoms with Crippen LogP contribution in [0.3, 0.4) is 0 Å². The maximum atomic E-state index is 13.3. The van der Waals surface area contributed by atoms with E-state index in [9.17, 15) is 14.7 Å². The largest absolute Gasteiger partial charge is 0.376 e. The van der Waals surface area contributed by atoms with Gasteiger partial charge in [0, 0.05) is 12.0 Å². The van der Waals surface area contributed by atoms with Crippen LogP contribution in [0.2, 0.25) is 0 Å². The number of aryl methyl sites for hydroxylation is 1. The summed E-state index contributed by atoms with van der Waals surface area (Å²) < 4.78 is 0. The lowest BCUT2D eigenvalue weighted by molar-refractivity contribution is -0.133. The van der Waals surface area contributed by atoms with E-state index < -0.39 is 17.3 Å². The highest BCUT2D eigenvalue weighted by atomic mass is 16.3. The Balaban J connectivity index is 2.11. The van der Waals surface area contributed by atoms with Crippen LogP contribution in [0.15, 0.2) is 54.6 Å². The van der Waals surface area contributed by atoms with Crippen LogP contribution < -0.4 is 0 Å². The molecule has 0 aromatic heterocycles. The molecule has 0 heterocycles. The zero-order chi connectivity index (χ0) is 17.2. The molecule has 0 aliphatic heterocycles. The summed E-state index contributed by atoms with van der Waals surface area (Å²) >= 11 is 0. The SMILES string of the molecule is Cc1cccc(C(=O)[C@@](O)(c2ccccc2)[C@@H]2CCCCC2=O)c1. The van der Waals surface area contributed by atoms with Crippen molar-refractivity contribution in [3.8, 4) is 0 Å². The molecule has 0 amide bonds. The molecule has 1 aliphatic rings. The van der Waals surface area contributed by atoms with Gasteiger partial charge in [-0.3, -0.25) is 9.59 Å². The van der Waals surface area contributed by atoms with Crippen LogP contribution in [-0.4, -0.2) is 16.7 Å². The van der Waals surface area contributed by atoms with Crippen LogP contribution in [0.25, 0.3) is 0 Å². The number of benzene rings is 2. The van der Waals surface area contributed by atoms with Crippen molar-refractivity contribution in [1.29, 1.82) is 0 Å². The molecule has 2 aromatic rings. The zero-order valence-corrected chi connectivity index (χ0v) is 13.9. The molecule has 3 rings (SSSR count). The summed E-state index contributed by atoms with van der Waals surface area (Å²) in [5.41, 5.74) is 0.0924. The highest BCUT2D eigenvalue weighted by Crippen LogP contribution is 2.40. The molecule has 3 nitrogen and oxygen atoms in total. The number of ketones is 2. The number of rotatable bonds is 4. The third-order valence-corrected chi connectivity index (χ3v) is 4.90. The van der Waals surface area contributed by atoms with E-state index in [-0.39, 0.29) is 5.78 Å². The lowest BCUT2D eigenvalue weighted by atomic mass is 9.69. The van der Waals surface area contributed by atoms with Gasteiger partial charge >= 0.3 is 0 Å². The van der Waals surface area contributed by atoms with Crippen molar-refractivity contribution in [2.75, 3.05) is 0 Å². The number of carbonyl (C=O) groups excluding carboxylic acids is 2. The topological polar surface area (TPSA) is 54.4 Å². The second kappa shape index (κ2) is 6.70. The third-order valence-electron chi connectivity index (χ3n) is 4.90. The van der Waals surface area contributed by atoms with E-state index in [0.29, 0.717) is 24.0 Å². The van der Waals surface area contributed by atoms with Crippen LogP contribution in [0.5, 0.6) is 0 Å². The maximum absolute atomic E-state index is 13.3. The summed E-state index contributed by atoms with van der Waals surface area (Å²) in [6, 6.07) is 16.1. The standard InChI is InChI=1S/C21H22O3/c1-15-8-7-9-16(14-15)20(23)21(24,17-10-3-2-4-11-17)18-12-5-6-13-19(18)22/h2-4,7-11,14,18,24H,5-6,12-13H2,1H3/t18-,21-/m1/s1. The minimum absolute atomic E-state index is 0.0198. The average Bonchev–Trinajstić information content (AvgIpc) is 2.61. The predicted molar refractivity (Wildman–Crippen MR) is 92.8 cm³/mol. The van der Waals surface area contributed by atoms with Gasteiger partial charge in [-0.2, -0.15) is 0 Å². The molecule has 0 spiro atoms. The van der Waals surface area contributed by atoms with Crippen molar-refractivity contribution in [2.24, 2.45) is 5.92 Å². The molecule has 1 fully saturated rings. The summed E-state index contributed by atoms with van der Waals surface area (Å²) in [4.78, 5) is 25.8. The van der Waals surface area contributed by atoms with Crippen molar-refractivity contribution in [3.63, 3.8) is 0 Å². The number of aliphatic hydroxyl groups is 1. The first kappa shape index (κ1) is 16.6. The smallest absolute Gasteiger partial charge is 0.199 e. The second-order valence-corrected chi connectivity index (χ2v) is 6.60. The molecule has 2 atom stereocenters. The van der Waals surface area contributed by atoms with Gasteiger partial charge in [0.25, 0.3) is 0 Å². The Bertz CT molecular complexity index is 751. The minimum atomic E-state index is -1.80. The fraction of sp³-hybridized carbons (Fsp3) is 0.333. The number of Topliss-reactive ketones (excluding diaryl/α,β-unsaturated/α-hetero) is 2. The van der Waals surface area contributed by atoms with Gasteiger partial charge in [-0.05, 0) is 31.4 Å². The number of hydrogen-bond acceptors (Lipinski definition) is 3. The molecule has 3 heteroatoms. The van der Waals surface area contributed by atoms with Crippen molar-refractivity contribution < 1.29 is 14.7 Å². The summed E-state index contributed by atoms with van der Waals surface area (Å²) in [6.07, 6.45) is 2.66. The molecule has 124 valence electrons. The van der Waals surface area contributed by atoms with E-state index in [2.05, 4.69) is 0 Å². The Morgan fingerprint density at radius 3 is 2.50 bits per heavy atom. The molecule has 0 bridgehead atoms. The maximum Gasteiger partial charge on any atom is 0.199 e. The van der Waals surface area contributed by atoms with Gasteiger partial charge in [0.05, 0.1) is 5.92 Å². The quantitative estimate of drug-likeness (QED) is 0.871. The molecule has 24 heavy (non-hydrogen) atoms. The summed E-state index contributed by atoms with van der Waals surface area (Å²) in [5, 5.41) is 11.5. The van der Waals surface area contributed by atoms with Gasteiger partial charge in [0.2, 0.25) is 0 Å². The third kappa shape index (κ3) is 2.92. The Kier molecular flexibility index (Phi) is 4.63. The Morgan fingerprint density at radius 1 is 1.08 bits per heavy atom. The fourth-order valence-electron chi connectivity index (χ4n) is 3.61. The van der Waals surface area contributed by atoms with E-state index in [4.69, 9.17) is 0 Å². The molecule has 0 radical (unpaired) electrons. The van der Waals surface area contributed by atoms with E-state index in [0.717, 1.165) is 18.4 Å². The van der Waals surface area contributed by atoms with Crippen molar-refractivity contribution in [2.45, 2.75) is 38.2 Å². The minimum Gasteiger partial charge on any atom is -0.376 e. The van der Waals surface area contributed by atoms with Crippen LogP contribution in [0.1, 0.15) is 47.2 Å². The Labute approximate surface area is 142 Å². The summed E-state index contributed by atoms with van der Waals surface area (Å²) in [6.45, 7) is 1.91. The highest BCUT2D eigenvalue weighted by Gasteiger charge is 2.49. The number of carbonyl (C=O) groups is 2. The van der Waals surface area contributed by atoms with Crippen LogP contribution in [0.4, 0.5) is 0 Å². The molecular formula is C21H22O3. The molecule has 0 saturated heterocycles. The highest BCUT2D eigenvalue weighted by molar-refractivity contribution is 6.06. The fourth-order valence-corrected chi connectivity index (χ4v) is 3.61. The molecule has 0 unspecified atom stereocenters. The predicted octanol–water partition coefficient (Wildman–Crippen LogP) is 3.82. The van der Waals surface area contributed by atoms with Crippen molar-refractivity contribution >= 4 is 11.6 Å². The van der Waals surface area contributed by atoms with E-state index in [1.165, 1.54) is 0 Å². The second-order valence-electron chi connectivity index (χ2n) is 6.60. The van der Waals surface area contributed by atoms with Gasteiger partial charge in [0.15, 0.2) is 11.4 Å². The summed E-state index contributed by atoms with van der Waals surface area (Å²) in [5.74, 6) is -1.09. The van der Waals surface area contributed by atoms with Crippen LogP contribution in [0, 0.1) is 12.8 Å². The van der Waals surface area contributed by atoms with E-state index >= 15 is 0 Å². The van der Waals surface area contributed by atoms with E-state index in [1.54, 1.807) is 42.5 Å². The number of hydrogen-bond donors (Lipinski definition) is 1. The normalized spacial score (nSPS) is 20.4. The monoisotopic (exact) mass is 322 g/mol. The van der Waals surface area contributed by atoms with Gasteiger partial charge in [-0.25, -0.2) is 0 Å². The van der Waals surface area contributed by atoms with Gasteiger partial charge < -0.3 is 5.11 Å². The Morgan fingerprint density at radius 2 is 1.83 bits per heavy atom. The van der Waals surface area contributed by atoms with Crippen molar-refractivity contribution in [1.82, 2.24) is 0 Å². The first-order chi connectivity index (χ1) is 11.5. The first-order valence-electron chi connectivity index (χ1n) is 8.45. The van der Waals surface area contributed by atoms with Crippen LogP contribution in [-0.2, 0) is 10.4 Å². The van der Waals surface area contributed by atoms with Crippen molar-refractivity contribution in [3.05, 3.63) is 71.3 Å². The van der Waals surface area contributed by atoms with Crippen LogP contribution >= 0.6 is 0 Å². The molecule has 2 aromatic carbocycles. The lowest BCUT2D eigenvalue weighted by Crippen LogP contribution is -2.47. The lowest BCUT2D eigenvalue weighted by Gasteiger charge is -2.36. The van der Waals surface area contributed by atoms with Gasteiger partial charge in [-0.1, -0.05) is 60.5 Å². The molecular weight excluding hydrogens is 300 g/mol. The summed E-state index contributed by atoms with van der Waals surface area (Å²) in [7, 11) is 0. The van der Waals surface area contributed by atoms with Gasteiger partial charge in [-0.15, -0.1) is 0 Å².